The van der Waals surface area contributed by atoms with Crippen molar-refractivity contribution in [1.29, 1.82) is 0 Å². The van der Waals surface area contributed by atoms with Crippen LogP contribution in [0.4, 0.5) is 20.3 Å². The highest BCUT2D eigenvalue weighted by atomic mass is 79.9. The average Bonchev–Trinajstić information content (AvgIpc) is 3.69. The van der Waals surface area contributed by atoms with Gasteiger partial charge in [0.1, 0.15) is 32.2 Å². The largest absolute Gasteiger partial charge is 0.454 e. The van der Waals surface area contributed by atoms with Gasteiger partial charge in [-0.2, -0.15) is 9.78 Å². The van der Waals surface area contributed by atoms with Crippen LogP contribution < -0.4 is 11.1 Å². The molecule has 0 aliphatic rings. The highest BCUT2D eigenvalue weighted by molar-refractivity contribution is 9.10. The van der Waals surface area contributed by atoms with Crippen LogP contribution in [0.3, 0.4) is 0 Å². The predicted molar refractivity (Wildman–Crippen MR) is 147 cm³/mol. The number of amides is 2. The minimum atomic E-state index is -2.89. The average molecular weight is 649 g/mol. The number of aryl methyl sites for hydroxylation is 2. The van der Waals surface area contributed by atoms with E-state index in [0.29, 0.717) is 23.4 Å². The van der Waals surface area contributed by atoms with Crippen molar-refractivity contribution in [2.45, 2.75) is 33.4 Å². The number of primary amides is 1. The van der Waals surface area contributed by atoms with Crippen molar-refractivity contribution in [3.05, 3.63) is 73.0 Å². The van der Waals surface area contributed by atoms with Gasteiger partial charge >= 0.3 is 5.82 Å². The zero-order valence-corrected chi connectivity index (χ0v) is 23.6. The topological polar surface area (TPSA) is 177 Å². The molecule has 0 aliphatic carbocycles. The summed E-state index contributed by atoms with van der Waals surface area (Å²) in [7, 11) is 0. The summed E-state index contributed by atoms with van der Waals surface area (Å²) >= 11 is 3.85. The molecule has 212 valence electrons. The maximum Gasteiger partial charge on any atom is 0.404 e. The quantitative estimate of drug-likeness (QED) is 0.160. The lowest BCUT2D eigenvalue weighted by Gasteiger charge is -2.10. The smallest absolute Gasteiger partial charge is 0.404 e. The maximum absolute atomic E-state index is 13.8. The van der Waals surface area contributed by atoms with Gasteiger partial charge in [0.25, 0.3) is 18.2 Å². The molecular formula is C24H19BrF2N8O5S. The number of furan rings is 1. The fourth-order valence-electron chi connectivity index (χ4n) is 4.19. The zero-order valence-electron chi connectivity index (χ0n) is 21.2. The molecule has 0 spiro atoms. The number of pyridine rings is 1. The standard InChI is InChI=1S/C24H19BrF2N8O5S/c1-3-33-8-13(10(2)31-33)12-6-15(20(26)27)29-24-17(12)18(19(41-24)21(28)36)30-23(37)16-5-4-11(40-16)7-34-9-14(25)22(32-34)35(38)39/h4-6,8-9,20H,3,7H2,1-2H3,(H2,28,36)(H,30,37). The molecule has 17 heteroatoms. The van der Waals surface area contributed by atoms with E-state index in [-0.39, 0.29) is 49.1 Å². The summed E-state index contributed by atoms with van der Waals surface area (Å²) in [6, 6.07) is 4.07. The second kappa shape index (κ2) is 10.8. The third-order valence-electron chi connectivity index (χ3n) is 6.00. The molecule has 0 radical (unpaired) electrons. The lowest BCUT2D eigenvalue weighted by Crippen LogP contribution is -2.16. The molecule has 0 aromatic carbocycles. The van der Waals surface area contributed by atoms with Crippen LogP contribution in [0.1, 0.15) is 50.7 Å². The molecular weight excluding hydrogens is 630 g/mol. The van der Waals surface area contributed by atoms with Crippen molar-refractivity contribution in [3.8, 4) is 11.1 Å². The summed E-state index contributed by atoms with van der Waals surface area (Å²) in [4.78, 5) is 40.1. The zero-order chi connectivity index (χ0) is 29.6. The van der Waals surface area contributed by atoms with Crippen molar-refractivity contribution in [2.24, 2.45) is 5.73 Å². The monoisotopic (exact) mass is 648 g/mol. The molecule has 0 saturated carbocycles. The summed E-state index contributed by atoms with van der Waals surface area (Å²) in [5, 5.41) is 22.2. The first-order valence-electron chi connectivity index (χ1n) is 11.8. The van der Waals surface area contributed by atoms with Crippen LogP contribution >= 0.6 is 27.3 Å². The molecule has 5 rings (SSSR count). The second-order valence-electron chi connectivity index (χ2n) is 8.71. The molecule has 0 atom stereocenters. The van der Waals surface area contributed by atoms with Gasteiger partial charge in [-0.15, -0.1) is 11.3 Å². The molecule has 0 saturated heterocycles. The molecule has 5 heterocycles. The number of anilines is 1. The first-order valence-corrected chi connectivity index (χ1v) is 13.4. The van der Waals surface area contributed by atoms with E-state index >= 15 is 0 Å². The maximum atomic E-state index is 13.8. The number of nitro groups is 1. The van der Waals surface area contributed by atoms with Crippen molar-refractivity contribution in [3.63, 3.8) is 0 Å². The number of hydrogen-bond acceptors (Lipinski definition) is 9. The van der Waals surface area contributed by atoms with Crippen LogP contribution in [0.25, 0.3) is 21.3 Å². The van der Waals surface area contributed by atoms with Crippen LogP contribution in [-0.2, 0) is 13.1 Å². The number of hydrogen-bond donors (Lipinski definition) is 2. The van der Waals surface area contributed by atoms with Crippen LogP contribution in [0.5, 0.6) is 0 Å². The van der Waals surface area contributed by atoms with Crippen molar-refractivity contribution in [1.82, 2.24) is 24.5 Å². The van der Waals surface area contributed by atoms with Crippen LogP contribution in [0.2, 0.25) is 0 Å². The molecule has 0 unspecified atom stereocenters. The van der Waals surface area contributed by atoms with Crippen LogP contribution in [-0.4, -0.2) is 41.3 Å². The fraction of sp³-hybridized carbons (Fsp3) is 0.208. The lowest BCUT2D eigenvalue weighted by atomic mass is 10.0. The van der Waals surface area contributed by atoms with Gasteiger partial charge in [0.2, 0.25) is 0 Å². The minimum absolute atomic E-state index is 0.000883. The Kier molecular flexibility index (Phi) is 7.39. The summed E-state index contributed by atoms with van der Waals surface area (Å²) in [6.07, 6.45) is 0.181. The Balaban J connectivity index is 1.55. The van der Waals surface area contributed by atoms with E-state index in [1.165, 1.54) is 29.1 Å². The molecule has 5 aromatic heterocycles. The summed E-state index contributed by atoms with van der Waals surface area (Å²) in [5.74, 6) is -1.91. The normalized spacial score (nSPS) is 11.5. The second-order valence-corrected chi connectivity index (χ2v) is 10.6. The van der Waals surface area contributed by atoms with Gasteiger partial charge in [-0.1, -0.05) is 0 Å². The van der Waals surface area contributed by atoms with E-state index in [9.17, 15) is 28.5 Å². The van der Waals surface area contributed by atoms with Gasteiger partial charge in [-0.05, 0) is 58.5 Å². The molecule has 0 bridgehead atoms. The van der Waals surface area contributed by atoms with Crippen molar-refractivity contribution in [2.75, 3.05) is 5.32 Å². The number of fused-ring (bicyclic) bond motifs is 1. The first kappa shape index (κ1) is 28.0. The predicted octanol–water partition coefficient (Wildman–Crippen LogP) is 5.29. The number of aromatic nitrogens is 5. The van der Waals surface area contributed by atoms with Gasteiger partial charge in [-0.25, -0.2) is 13.8 Å². The van der Waals surface area contributed by atoms with E-state index in [0.717, 1.165) is 11.3 Å². The Morgan fingerprint density at radius 1 is 1.24 bits per heavy atom. The van der Waals surface area contributed by atoms with Gasteiger partial charge in [0.05, 0.1) is 22.7 Å². The molecule has 0 aliphatic heterocycles. The third-order valence-corrected chi connectivity index (χ3v) is 7.66. The van der Waals surface area contributed by atoms with Gasteiger partial charge in [0.15, 0.2) is 5.76 Å². The van der Waals surface area contributed by atoms with Crippen molar-refractivity contribution < 1.29 is 27.7 Å². The number of rotatable bonds is 9. The highest BCUT2D eigenvalue weighted by Crippen LogP contribution is 2.43. The van der Waals surface area contributed by atoms with Crippen LogP contribution in [0, 0.1) is 17.0 Å². The molecule has 5 aromatic rings. The van der Waals surface area contributed by atoms with Gasteiger partial charge < -0.3 is 25.6 Å². The Morgan fingerprint density at radius 2 is 2.00 bits per heavy atom. The lowest BCUT2D eigenvalue weighted by molar-refractivity contribution is -0.390. The van der Waals surface area contributed by atoms with Crippen LogP contribution in [0.15, 0.2) is 39.5 Å². The number of carbonyl (C=O) groups excluding carboxylic acids is 2. The Labute approximate surface area is 241 Å². The number of nitrogens with zero attached hydrogens (tertiary/aromatic N) is 6. The summed E-state index contributed by atoms with van der Waals surface area (Å²) < 4.78 is 36.3. The number of alkyl halides is 2. The number of nitrogens with one attached hydrogen (secondary N) is 1. The Hall–Kier alpha value is -4.51. The summed E-state index contributed by atoms with van der Waals surface area (Å²) in [6.45, 7) is 4.10. The fourth-order valence-corrected chi connectivity index (χ4v) is 5.66. The molecule has 3 N–H and O–H groups in total. The molecule has 2 amide bonds. The summed E-state index contributed by atoms with van der Waals surface area (Å²) in [5.41, 5.74) is 6.46. The van der Waals surface area contributed by atoms with E-state index in [1.807, 2.05) is 6.92 Å². The Morgan fingerprint density at radius 3 is 2.61 bits per heavy atom. The van der Waals surface area contributed by atoms with E-state index in [1.54, 1.807) is 17.8 Å². The number of nitrogens with two attached hydrogens (primary N) is 1. The van der Waals surface area contributed by atoms with Gasteiger partial charge in [-0.3, -0.25) is 14.3 Å². The Bertz CT molecular complexity index is 1840. The third kappa shape index (κ3) is 5.32. The minimum Gasteiger partial charge on any atom is -0.454 e. The first-order chi connectivity index (χ1) is 19.5. The van der Waals surface area contributed by atoms with E-state index < -0.39 is 28.9 Å². The molecule has 41 heavy (non-hydrogen) atoms. The molecule has 13 nitrogen and oxygen atoms in total. The SMILES string of the molecule is CCn1cc(-c2cc(C(F)F)nc3sc(C(N)=O)c(NC(=O)c4ccc(Cn5cc(Br)c([N+](=O)[O-])n5)o4)c23)c(C)n1. The highest BCUT2D eigenvalue weighted by Gasteiger charge is 2.27. The molecule has 0 fully saturated rings. The number of halogens is 3. The van der Waals surface area contributed by atoms with E-state index in [2.05, 4.69) is 36.4 Å². The van der Waals surface area contributed by atoms with E-state index in [4.69, 9.17) is 10.2 Å². The number of thiophene rings is 1. The van der Waals surface area contributed by atoms with Crippen molar-refractivity contribution >= 4 is 60.8 Å². The van der Waals surface area contributed by atoms with Gasteiger partial charge in [0, 0.05) is 23.7 Å². The number of carbonyl (C=O) groups is 2.